The van der Waals surface area contributed by atoms with Gasteiger partial charge in [-0.2, -0.15) is 0 Å². The van der Waals surface area contributed by atoms with E-state index in [1.807, 2.05) is 80.8 Å². The number of anilines is 1. The van der Waals surface area contributed by atoms with Crippen LogP contribution in [-0.2, 0) is 4.79 Å². The minimum absolute atomic E-state index is 0.100. The zero-order chi connectivity index (χ0) is 23.5. The molecule has 2 aromatic heterocycles. The Morgan fingerprint density at radius 2 is 1.82 bits per heavy atom. The number of carbonyl (C=O) groups excluding carboxylic acids is 1. The van der Waals surface area contributed by atoms with E-state index in [1.54, 1.807) is 12.4 Å². The number of hydrogen-bond acceptors (Lipinski definition) is 5. The Labute approximate surface area is 202 Å². The molecule has 0 aliphatic rings. The first-order valence-corrected chi connectivity index (χ1v) is 11.8. The number of amides is 1. The number of pyridine rings is 1. The molecular weight excluding hydrogens is 454 g/mol. The summed E-state index contributed by atoms with van der Waals surface area (Å²) in [5, 5.41) is 12.8. The van der Waals surface area contributed by atoms with Crippen molar-refractivity contribution in [3.63, 3.8) is 0 Å². The maximum absolute atomic E-state index is 13.0. The highest BCUT2D eigenvalue weighted by molar-refractivity contribution is 8.00. The summed E-state index contributed by atoms with van der Waals surface area (Å²) in [6.07, 6.45) is 3.43. The molecule has 0 spiro atoms. The van der Waals surface area contributed by atoms with E-state index in [9.17, 15) is 4.79 Å². The van der Waals surface area contributed by atoms with Crippen LogP contribution in [-0.4, -0.2) is 30.9 Å². The van der Waals surface area contributed by atoms with Crippen molar-refractivity contribution in [2.45, 2.75) is 38.1 Å². The molecule has 4 rings (SSSR count). The first-order valence-electron chi connectivity index (χ1n) is 10.5. The van der Waals surface area contributed by atoms with E-state index in [4.69, 9.17) is 11.6 Å². The lowest BCUT2D eigenvalue weighted by molar-refractivity contribution is -0.115. The van der Waals surface area contributed by atoms with Crippen LogP contribution < -0.4 is 5.32 Å². The van der Waals surface area contributed by atoms with Gasteiger partial charge in [0.05, 0.1) is 10.9 Å². The summed E-state index contributed by atoms with van der Waals surface area (Å²) in [7, 11) is 0. The fourth-order valence-corrected chi connectivity index (χ4v) is 4.44. The zero-order valence-corrected chi connectivity index (χ0v) is 20.4. The summed E-state index contributed by atoms with van der Waals surface area (Å²) in [5.41, 5.74) is 5.57. The number of halogens is 1. The summed E-state index contributed by atoms with van der Waals surface area (Å²) in [5.74, 6) is 0.559. The summed E-state index contributed by atoms with van der Waals surface area (Å²) < 4.78 is 1.95. The number of rotatable bonds is 6. The van der Waals surface area contributed by atoms with Gasteiger partial charge in [0.25, 0.3) is 0 Å². The highest BCUT2D eigenvalue weighted by Crippen LogP contribution is 2.33. The lowest BCUT2D eigenvalue weighted by Gasteiger charge is -2.16. The molecule has 0 aliphatic heterocycles. The van der Waals surface area contributed by atoms with Crippen LogP contribution in [0.5, 0.6) is 0 Å². The number of aryl methyl sites for hydroxylation is 2. The van der Waals surface area contributed by atoms with Gasteiger partial charge in [-0.25, -0.2) is 0 Å². The molecule has 1 atom stereocenters. The molecule has 168 valence electrons. The third-order valence-electron chi connectivity index (χ3n) is 5.35. The van der Waals surface area contributed by atoms with Gasteiger partial charge >= 0.3 is 0 Å². The van der Waals surface area contributed by atoms with Gasteiger partial charge in [0.1, 0.15) is 0 Å². The molecule has 0 saturated carbocycles. The molecule has 33 heavy (non-hydrogen) atoms. The molecule has 8 heteroatoms. The summed E-state index contributed by atoms with van der Waals surface area (Å²) in [6, 6.07) is 15.5. The maximum Gasteiger partial charge on any atom is 0.237 e. The average Bonchev–Trinajstić information content (AvgIpc) is 3.21. The van der Waals surface area contributed by atoms with Crippen molar-refractivity contribution in [2.24, 2.45) is 0 Å². The van der Waals surface area contributed by atoms with Crippen molar-refractivity contribution in [3.05, 3.63) is 82.6 Å². The highest BCUT2D eigenvalue weighted by atomic mass is 35.5. The molecule has 0 fully saturated rings. The van der Waals surface area contributed by atoms with E-state index in [2.05, 4.69) is 20.5 Å². The van der Waals surface area contributed by atoms with Gasteiger partial charge in [-0.3, -0.25) is 14.3 Å². The first-order chi connectivity index (χ1) is 15.8. The second-order valence-corrected chi connectivity index (χ2v) is 9.54. The summed E-state index contributed by atoms with van der Waals surface area (Å²) in [4.78, 5) is 17.1. The average molecular weight is 478 g/mol. The van der Waals surface area contributed by atoms with E-state index < -0.39 is 5.25 Å². The fraction of sp³-hybridized carbons (Fsp3) is 0.200. The predicted molar refractivity (Wildman–Crippen MR) is 134 cm³/mol. The van der Waals surface area contributed by atoms with Crippen molar-refractivity contribution in [1.29, 1.82) is 0 Å². The monoisotopic (exact) mass is 477 g/mol. The van der Waals surface area contributed by atoms with Gasteiger partial charge in [0.15, 0.2) is 11.0 Å². The molecule has 2 aromatic carbocycles. The van der Waals surface area contributed by atoms with Gasteiger partial charge < -0.3 is 5.32 Å². The number of carbonyl (C=O) groups is 1. The third kappa shape index (κ3) is 4.94. The van der Waals surface area contributed by atoms with Crippen LogP contribution in [0, 0.1) is 20.8 Å². The number of thioether (sulfide) groups is 1. The van der Waals surface area contributed by atoms with Gasteiger partial charge in [-0.05, 0) is 74.7 Å². The van der Waals surface area contributed by atoms with Crippen LogP contribution in [0.3, 0.4) is 0 Å². The van der Waals surface area contributed by atoms with Gasteiger partial charge in [0.2, 0.25) is 5.91 Å². The Hall–Kier alpha value is -3.16. The second kappa shape index (κ2) is 9.77. The largest absolute Gasteiger partial charge is 0.325 e. The van der Waals surface area contributed by atoms with Gasteiger partial charge in [-0.15, -0.1) is 10.2 Å². The molecule has 1 amide bonds. The van der Waals surface area contributed by atoms with E-state index in [0.29, 0.717) is 16.0 Å². The van der Waals surface area contributed by atoms with Crippen LogP contribution in [0.25, 0.3) is 17.1 Å². The first kappa shape index (κ1) is 23.0. The minimum Gasteiger partial charge on any atom is -0.325 e. The highest BCUT2D eigenvalue weighted by Gasteiger charge is 2.23. The zero-order valence-electron chi connectivity index (χ0n) is 18.8. The molecule has 1 unspecified atom stereocenters. The Morgan fingerprint density at radius 3 is 2.58 bits per heavy atom. The topological polar surface area (TPSA) is 72.7 Å². The lowest BCUT2D eigenvalue weighted by Crippen LogP contribution is -2.23. The van der Waals surface area contributed by atoms with Crippen LogP contribution >= 0.6 is 23.4 Å². The molecule has 0 radical (unpaired) electrons. The van der Waals surface area contributed by atoms with Crippen molar-refractivity contribution in [3.8, 4) is 17.1 Å². The SMILES string of the molecule is Cc1ccc(C)c(NC(=O)C(C)Sc2nnc(-c3ccncc3)n2-c2cccc(Cl)c2C)c1. The third-order valence-corrected chi connectivity index (χ3v) is 6.81. The molecular formula is C25H24ClN5OS. The predicted octanol–water partition coefficient (Wildman–Crippen LogP) is 6.03. The quantitative estimate of drug-likeness (QED) is 0.343. The Balaban J connectivity index is 1.69. The number of aromatic nitrogens is 4. The van der Waals surface area contributed by atoms with Crippen LogP contribution in [0.2, 0.25) is 5.02 Å². The van der Waals surface area contributed by atoms with E-state index in [-0.39, 0.29) is 5.91 Å². The number of nitrogens with zero attached hydrogens (tertiary/aromatic N) is 4. The molecule has 0 saturated heterocycles. The second-order valence-electron chi connectivity index (χ2n) is 7.83. The van der Waals surface area contributed by atoms with Crippen molar-refractivity contribution in [2.75, 3.05) is 5.32 Å². The fourth-order valence-electron chi connectivity index (χ4n) is 3.41. The van der Waals surface area contributed by atoms with Crippen LogP contribution in [0.4, 0.5) is 5.69 Å². The molecule has 0 bridgehead atoms. The lowest BCUT2D eigenvalue weighted by atomic mass is 10.1. The summed E-state index contributed by atoms with van der Waals surface area (Å²) in [6.45, 7) is 7.80. The standard InChI is InChI=1S/C25H24ClN5OS/c1-15-8-9-16(2)21(14-15)28-24(32)18(4)33-25-30-29-23(19-10-12-27-13-11-19)31(25)22-7-5-6-20(26)17(22)3/h5-14,18H,1-4H3,(H,28,32). The molecule has 2 heterocycles. The van der Waals surface area contributed by atoms with Gasteiger partial charge in [0, 0.05) is 28.7 Å². The smallest absolute Gasteiger partial charge is 0.237 e. The summed E-state index contributed by atoms with van der Waals surface area (Å²) >= 11 is 7.77. The Morgan fingerprint density at radius 1 is 1.06 bits per heavy atom. The Kier molecular flexibility index (Phi) is 6.81. The Bertz CT molecular complexity index is 1310. The van der Waals surface area contributed by atoms with Crippen LogP contribution in [0.15, 0.2) is 66.1 Å². The number of benzene rings is 2. The molecule has 6 nitrogen and oxygen atoms in total. The van der Waals surface area contributed by atoms with Crippen molar-refractivity contribution < 1.29 is 4.79 Å². The van der Waals surface area contributed by atoms with Gasteiger partial charge in [-0.1, -0.05) is 41.6 Å². The maximum atomic E-state index is 13.0. The van der Waals surface area contributed by atoms with Crippen LogP contribution in [0.1, 0.15) is 23.6 Å². The minimum atomic E-state index is -0.405. The number of hydrogen-bond donors (Lipinski definition) is 1. The molecule has 4 aromatic rings. The molecule has 1 N–H and O–H groups in total. The van der Waals surface area contributed by atoms with E-state index >= 15 is 0 Å². The molecule has 0 aliphatic carbocycles. The number of nitrogens with one attached hydrogen (secondary N) is 1. The van der Waals surface area contributed by atoms with E-state index in [0.717, 1.165) is 33.6 Å². The normalized spacial score (nSPS) is 11.9. The van der Waals surface area contributed by atoms with Crippen molar-refractivity contribution >= 4 is 35.0 Å². The van der Waals surface area contributed by atoms with E-state index in [1.165, 1.54) is 11.8 Å². The van der Waals surface area contributed by atoms with Crippen molar-refractivity contribution in [1.82, 2.24) is 19.7 Å².